The SMILES string of the molecule is Cc1cc(NC(=O)CCn2[nH]c(=O)c3ccccc3c2=O)ccc1Br. The fourth-order valence-corrected chi connectivity index (χ4v) is 2.81. The second kappa shape index (κ2) is 7.06. The van der Waals surface area contributed by atoms with Gasteiger partial charge in [0.05, 0.1) is 17.3 Å². The predicted octanol–water partition coefficient (Wildman–Crippen LogP) is 2.79. The quantitative estimate of drug-likeness (QED) is 0.704. The van der Waals surface area contributed by atoms with Gasteiger partial charge in [0.1, 0.15) is 0 Å². The number of aryl methyl sites for hydroxylation is 2. The number of aromatic nitrogens is 2. The summed E-state index contributed by atoms with van der Waals surface area (Å²) in [6.07, 6.45) is 0.0727. The number of rotatable bonds is 4. The Bertz CT molecular complexity index is 1070. The lowest BCUT2D eigenvalue weighted by Gasteiger charge is -2.09. The number of halogens is 1. The number of hydrogen-bond donors (Lipinski definition) is 2. The van der Waals surface area contributed by atoms with Crippen LogP contribution >= 0.6 is 15.9 Å². The molecule has 7 heteroatoms. The highest BCUT2D eigenvalue weighted by Crippen LogP contribution is 2.20. The van der Waals surface area contributed by atoms with Gasteiger partial charge in [0.15, 0.2) is 0 Å². The average molecular weight is 402 g/mol. The maximum Gasteiger partial charge on any atom is 0.273 e. The van der Waals surface area contributed by atoms with E-state index in [1.807, 2.05) is 19.1 Å². The molecule has 0 saturated heterocycles. The molecule has 3 aromatic rings. The molecule has 1 aromatic heterocycles. The van der Waals surface area contributed by atoms with Crippen LogP contribution < -0.4 is 16.4 Å². The van der Waals surface area contributed by atoms with Crippen LogP contribution in [0.25, 0.3) is 10.8 Å². The molecule has 0 radical (unpaired) electrons. The van der Waals surface area contributed by atoms with Gasteiger partial charge in [-0.1, -0.05) is 28.1 Å². The summed E-state index contributed by atoms with van der Waals surface area (Å²) in [5.74, 6) is -0.234. The molecule has 0 aliphatic carbocycles. The first-order valence-corrected chi connectivity index (χ1v) is 8.53. The van der Waals surface area contributed by atoms with Crippen molar-refractivity contribution in [3.63, 3.8) is 0 Å². The molecule has 0 unspecified atom stereocenters. The number of amides is 1. The van der Waals surface area contributed by atoms with Gasteiger partial charge in [0.25, 0.3) is 11.1 Å². The second-order valence-electron chi connectivity index (χ2n) is 5.71. The third-order valence-electron chi connectivity index (χ3n) is 3.89. The fourth-order valence-electron chi connectivity index (χ4n) is 2.56. The van der Waals surface area contributed by atoms with Gasteiger partial charge in [0.2, 0.25) is 5.91 Å². The van der Waals surface area contributed by atoms with Gasteiger partial charge >= 0.3 is 0 Å². The fraction of sp³-hybridized carbons (Fsp3) is 0.167. The summed E-state index contributed by atoms with van der Waals surface area (Å²) in [5, 5.41) is 5.99. The molecule has 3 rings (SSSR count). The second-order valence-corrected chi connectivity index (χ2v) is 6.56. The standard InChI is InChI=1S/C18H16BrN3O3/c1-11-10-12(6-7-15(11)19)20-16(23)8-9-22-18(25)14-5-3-2-4-13(14)17(24)21-22/h2-7,10H,8-9H2,1H3,(H,20,23)(H,21,24). The summed E-state index contributed by atoms with van der Waals surface area (Å²) in [6.45, 7) is 2.03. The first-order chi connectivity index (χ1) is 12.0. The van der Waals surface area contributed by atoms with Crippen molar-refractivity contribution >= 4 is 38.3 Å². The molecule has 1 amide bonds. The molecule has 25 heavy (non-hydrogen) atoms. The van der Waals surface area contributed by atoms with Gasteiger partial charge < -0.3 is 5.32 Å². The van der Waals surface area contributed by atoms with E-state index in [-0.39, 0.29) is 30.0 Å². The highest BCUT2D eigenvalue weighted by atomic mass is 79.9. The van der Waals surface area contributed by atoms with E-state index in [2.05, 4.69) is 26.3 Å². The van der Waals surface area contributed by atoms with Crippen molar-refractivity contribution in [1.29, 1.82) is 0 Å². The summed E-state index contributed by atoms with van der Waals surface area (Å²) in [5.41, 5.74) is 1.03. The van der Waals surface area contributed by atoms with E-state index in [1.54, 1.807) is 30.3 Å². The van der Waals surface area contributed by atoms with Crippen molar-refractivity contribution in [3.8, 4) is 0 Å². The van der Waals surface area contributed by atoms with Crippen LogP contribution in [-0.4, -0.2) is 15.7 Å². The van der Waals surface area contributed by atoms with Crippen LogP contribution in [0.1, 0.15) is 12.0 Å². The van der Waals surface area contributed by atoms with Gasteiger partial charge in [0, 0.05) is 16.6 Å². The van der Waals surface area contributed by atoms with E-state index < -0.39 is 0 Å². The lowest BCUT2D eigenvalue weighted by molar-refractivity contribution is -0.116. The monoisotopic (exact) mass is 401 g/mol. The van der Waals surface area contributed by atoms with Gasteiger partial charge in [-0.25, -0.2) is 4.68 Å². The zero-order chi connectivity index (χ0) is 18.0. The van der Waals surface area contributed by atoms with E-state index in [9.17, 15) is 14.4 Å². The molecule has 0 saturated carbocycles. The zero-order valence-electron chi connectivity index (χ0n) is 13.5. The van der Waals surface area contributed by atoms with Crippen molar-refractivity contribution in [1.82, 2.24) is 9.78 Å². The van der Waals surface area contributed by atoms with Crippen molar-refractivity contribution in [3.05, 3.63) is 73.2 Å². The topological polar surface area (TPSA) is 84.0 Å². The number of carbonyl (C=O) groups is 1. The molecule has 0 spiro atoms. The molecule has 0 aliphatic heterocycles. The Morgan fingerprint density at radius 3 is 2.60 bits per heavy atom. The van der Waals surface area contributed by atoms with E-state index in [4.69, 9.17) is 0 Å². The Kier molecular flexibility index (Phi) is 4.85. The number of aromatic amines is 1. The van der Waals surface area contributed by atoms with Crippen LogP contribution in [0.5, 0.6) is 0 Å². The number of hydrogen-bond acceptors (Lipinski definition) is 3. The van der Waals surface area contributed by atoms with E-state index >= 15 is 0 Å². The van der Waals surface area contributed by atoms with Crippen LogP contribution in [0, 0.1) is 6.92 Å². The van der Waals surface area contributed by atoms with Crippen molar-refractivity contribution in [2.75, 3.05) is 5.32 Å². The van der Waals surface area contributed by atoms with Crippen molar-refractivity contribution < 1.29 is 4.79 Å². The van der Waals surface area contributed by atoms with E-state index in [0.717, 1.165) is 10.0 Å². The smallest absolute Gasteiger partial charge is 0.273 e. The summed E-state index contributed by atoms with van der Waals surface area (Å²) < 4.78 is 2.14. The predicted molar refractivity (Wildman–Crippen MR) is 101 cm³/mol. The van der Waals surface area contributed by atoms with Crippen LogP contribution in [0.15, 0.2) is 56.5 Å². The third-order valence-corrected chi connectivity index (χ3v) is 4.78. The van der Waals surface area contributed by atoms with Gasteiger partial charge in [-0.05, 0) is 42.8 Å². The maximum absolute atomic E-state index is 12.4. The van der Waals surface area contributed by atoms with Crippen molar-refractivity contribution in [2.24, 2.45) is 0 Å². The molecule has 0 bridgehead atoms. The van der Waals surface area contributed by atoms with Crippen molar-refractivity contribution in [2.45, 2.75) is 19.9 Å². The Labute approximate surface area is 151 Å². The highest BCUT2D eigenvalue weighted by Gasteiger charge is 2.09. The first-order valence-electron chi connectivity index (χ1n) is 7.73. The third kappa shape index (κ3) is 3.71. The van der Waals surface area contributed by atoms with Crippen LogP contribution in [0.4, 0.5) is 5.69 Å². The van der Waals surface area contributed by atoms with Crippen LogP contribution in [-0.2, 0) is 11.3 Å². The summed E-state index contributed by atoms with van der Waals surface area (Å²) >= 11 is 3.41. The molecule has 128 valence electrons. The maximum atomic E-state index is 12.4. The Morgan fingerprint density at radius 1 is 1.16 bits per heavy atom. The Balaban J connectivity index is 1.75. The lowest BCUT2D eigenvalue weighted by atomic mass is 10.2. The Hall–Kier alpha value is -2.67. The normalized spacial score (nSPS) is 10.8. The molecule has 0 aliphatic rings. The van der Waals surface area contributed by atoms with E-state index in [1.165, 1.54) is 4.68 Å². The number of H-pyrrole nitrogens is 1. The van der Waals surface area contributed by atoms with Gasteiger partial charge in [-0.3, -0.25) is 19.5 Å². The molecule has 0 atom stereocenters. The van der Waals surface area contributed by atoms with Crippen LogP contribution in [0.3, 0.4) is 0 Å². The number of carbonyl (C=O) groups excluding carboxylic acids is 1. The van der Waals surface area contributed by atoms with Gasteiger partial charge in [-0.2, -0.15) is 0 Å². The summed E-state index contributed by atoms with van der Waals surface area (Å²) in [4.78, 5) is 36.5. The molecular weight excluding hydrogens is 386 g/mol. The zero-order valence-corrected chi connectivity index (χ0v) is 15.1. The highest BCUT2D eigenvalue weighted by molar-refractivity contribution is 9.10. The minimum absolute atomic E-state index is 0.0727. The molecular formula is C18H16BrN3O3. The largest absolute Gasteiger partial charge is 0.326 e. The van der Waals surface area contributed by atoms with E-state index in [0.29, 0.717) is 16.5 Å². The Morgan fingerprint density at radius 2 is 1.88 bits per heavy atom. The molecule has 2 N–H and O–H groups in total. The minimum atomic E-state index is -0.348. The number of fused-ring (bicyclic) bond motifs is 1. The lowest BCUT2D eigenvalue weighted by Crippen LogP contribution is -2.31. The average Bonchev–Trinajstić information content (AvgIpc) is 2.60. The van der Waals surface area contributed by atoms with Crippen LogP contribution in [0.2, 0.25) is 0 Å². The van der Waals surface area contributed by atoms with Gasteiger partial charge in [-0.15, -0.1) is 0 Å². The molecule has 1 heterocycles. The first kappa shape index (κ1) is 17.2. The minimum Gasteiger partial charge on any atom is -0.326 e. The number of anilines is 1. The number of nitrogens with one attached hydrogen (secondary N) is 2. The number of benzene rings is 2. The summed E-state index contributed by atoms with van der Waals surface area (Å²) in [7, 11) is 0. The molecule has 2 aromatic carbocycles. The molecule has 6 nitrogen and oxygen atoms in total. The molecule has 0 fully saturated rings. The number of nitrogens with zero attached hydrogens (tertiary/aromatic N) is 1. The summed E-state index contributed by atoms with van der Waals surface area (Å²) in [6, 6.07) is 12.1.